The van der Waals surface area contributed by atoms with E-state index in [-0.39, 0.29) is 37.1 Å². The molecule has 1 amide bonds. The summed E-state index contributed by atoms with van der Waals surface area (Å²) in [4.78, 5) is 22.0. The van der Waals surface area contributed by atoms with Gasteiger partial charge in [-0.1, -0.05) is 5.16 Å². The smallest absolute Gasteiger partial charge is 0.434 e. The zero-order valence-corrected chi connectivity index (χ0v) is 18.8. The van der Waals surface area contributed by atoms with E-state index >= 15 is 0 Å². The highest BCUT2D eigenvalue weighted by Gasteiger charge is 2.52. The van der Waals surface area contributed by atoms with Gasteiger partial charge in [-0.2, -0.15) is 23.4 Å². The van der Waals surface area contributed by atoms with Gasteiger partial charge >= 0.3 is 6.18 Å². The number of carbonyl (C=O) groups excluding carboxylic acids is 1. The van der Waals surface area contributed by atoms with E-state index in [1.165, 1.54) is 4.90 Å². The molecule has 1 saturated heterocycles. The van der Waals surface area contributed by atoms with E-state index in [2.05, 4.69) is 15.1 Å². The summed E-state index contributed by atoms with van der Waals surface area (Å²) in [6, 6.07) is 2.63. The maximum absolute atomic E-state index is 13.8. The number of halogens is 5. The van der Waals surface area contributed by atoms with E-state index in [0.717, 1.165) is 6.07 Å². The first-order valence-electron chi connectivity index (χ1n) is 10.1. The van der Waals surface area contributed by atoms with E-state index < -0.39 is 33.6 Å². The molecule has 1 aliphatic carbocycles. The van der Waals surface area contributed by atoms with Crippen LogP contribution in [0.5, 0.6) is 5.88 Å². The molecular weight excluding hydrogens is 486 g/mol. The number of hydrogen-bond acceptors (Lipinski definition) is 7. The molecule has 2 aromatic rings. The Morgan fingerprint density at radius 1 is 1.36 bits per heavy atom. The Labute approximate surface area is 196 Å². The molecule has 0 aromatic carbocycles. The van der Waals surface area contributed by atoms with Gasteiger partial charge in [-0.3, -0.25) is 4.79 Å². The lowest BCUT2D eigenvalue weighted by Crippen LogP contribution is -2.39. The number of rotatable bonds is 5. The van der Waals surface area contributed by atoms with Crippen LogP contribution in [0, 0.1) is 24.2 Å². The Morgan fingerprint density at radius 2 is 2.03 bits per heavy atom. The summed E-state index contributed by atoms with van der Waals surface area (Å²) in [6.45, 7) is 1.96. The number of aromatic nitrogens is 3. The molecule has 0 bridgehead atoms. The zero-order chi connectivity index (χ0) is 24.0. The van der Waals surface area contributed by atoms with Gasteiger partial charge in [-0.25, -0.2) is 4.98 Å². The number of amides is 1. The average Bonchev–Trinajstić information content (AvgIpc) is 3.15. The molecule has 1 saturated carbocycles. The number of ether oxygens (including phenoxy) is 1. The molecule has 2 aliphatic rings. The number of nitrogens with zero attached hydrogens (tertiary/aromatic N) is 5. The number of hydrogen-bond donors (Lipinski definition) is 0. The minimum atomic E-state index is -4.93. The van der Waals surface area contributed by atoms with Crippen molar-refractivity contribution < 1.29 is 27.2 Å². The van der Waals surface area contributed by atoms with E-state index in [4.69, 9.17) is 32.5 Å². The number of pyridine rings is 1. The van der Waals surface area contributed by atoms with Gasteiger partial charge in [0.15, 0.2) is 11.5 Å². The number of alkyl halides is 5. The number of aryl methyl sites for hydroxylation is 1. The lowest BCUT2D eigenvalue weighted by atomic mass is 9.95. The van der Waals surface area contributed by atoms with Crippen LogP contribution in [0.3, 0.4) is 0 Å². The average molecular weight is 504 g/mol. The van der Waals surface area contributed by atoms with Gasteiger partial charge in [0, 0.05) is 31.8 Å². The third-order valence-electron chi connectivity index (χ3n) is 5.67. The molecule has 1 atom stereocenters. The predicted octanol–water partition coefficient (Wildman–Crippen LogP) is 4.26. The third-order valence-corrected chi connectivity index (χ3v) is 6.60. The molecule has 13 heteroatoms. The summed E-state index contributed by atoms with van der Waals surface area (Å²) in [5, 5.41) is 13.3. The van der Waals surface area contributed by atoms with Crippen LogP contribution in [0.25, 0.3) is 0 Å². The molecule has 0 radical (unpaired) electrons. The van der Waals surface area contributed by atoms with Crippen molar-refractivity contribution in [1.29, 1.82) is 5.26 Å². The van der Waals surface area contributed by atoms with Crippen molar-refractivity contribution in [2.75, 3.05) is 19.7 Å². The summed E-state index contributed by atoms with van der Waals surface area (Å²) in [6.07, 6.45) is -3.59. The molecule has 3 heterocycles. The van der Waals surface area contributed by atoms with E-state index in [9.17, 15) is 23.2 Å². The lowest BCUT2D eigenvalue weighted by Gasteiger charge is -2.31. The molecule has 176 valence electrons. The fourth-order valence-electron chi connectivity index (χ4n) is 3.69. The number of nitriles is 1. The Hall–Kier alpha value is -2.58. The van der Waals surface area contributed by atoms with Crippen molar-refractivity contribution in [2.45, 2.75) is 42.6 Å². The van der Waals surface area contributed by atoms with Gasteiger partial charge in [0.05, 0.1) is 12.2 Å². The monoisotopic (exact) mass is 503 g/mol. The van der Waals surface area contributed by atoms with Gasteiger partial charge in [0.1, 0.15) is 16.0 Å². The number of carbonyl (C=O) groups is 1. The fourth-order valence-corrected chi connectivity index (χ4v) is 4.19. The van der Waals surface area contributed by atoms with Crippen LogP contribution in [0.15, 0.2) is 10.6 Å². The molecule has 2 fully saturated rings. The summed E-state index contributed by atoms with van der Waals surface area (Å²) in [5.41, 5.74) is -2.38. The fraction of sp³-hybridized carbons (Fsp3) is 0.550. The largest absolute Gasteiger partial charge is 0.476 e. The number of likely N-dealkylation sites (tertiary alicyclic amines) is 1. The topological polar surface area (TPSA) is 105 Å². The second-order valence-electron chi connectivity index (χ2n) is 8.06. The molecule has 2 aromatic heterocycles. The second-order valence-corrected chi connectivity index (χ2v) is 9.60. The van der Waals surface area contributed by atoms with Crippen LogP contribution in [-0.4, -0.2) is 50.0 Å². The molecule has 4 rings (SSSR count). The predicted molar refractivity (Wildman–Crippen MR) is 109 cm³/mol. The van der Waals surface area contributed by atoms with Gasteiger partial charge in [0.2, 0.25) is 11.8 Å². The van der Waals surface area contributed by atoms with E-state index in [1.807, 2.05) is 0 Å². The molecule has 0 spiro atoms. The molecule has 1 aliphatic heterocycles. The highest BCUT2D eigenvalue weighted by molar-refractivity contribution is 6.50. The summed E-state index contributed by atoms with van der Waals surface area (Å²) >= 11 is 11.8. The Morgan fingerprint density at radius 3 is 2.55 bits per heavy atom. The first-order valence-corrected chi connectivity index (χ1v) is 10.9. The molecule has 0 N–H and O–H groups in total. The van der Waals surface area contributed by atoms with Crippen molar-refractivity contribution in [3.05, 3.63) is 34.6 Å². The Bertz CT molecular complexity index is 1110. The van der Waals surface area contributed by atoms with Crippen LogP contribution in [0.2, 0.25) is 0 Å². The molecule has 1 unspecified atom stereocenters. The van der Waals surface area contributed by atoms with Crippen LogP contribution < -0.4 is 4.74 Å². The zero-order valence-electron chi connectivity index (χ0n) is 17.3. The molecular formula is C20H18Cl2F3N5O3. The number of piperidine rings is 1. The third kappa shape index (κ3) is 5.01. The molecule has 33 heavy (non-hydrogen) atoms. The quantitative estimate of drug-likeness (QED) is 0.561. The first kappa shape index (κ1) is 23.6. The second kappa shape index (κ2) is 8.65. The maximum atomic E-state index is 13.8. The van der Waals surface area contributed by atoms with Crippen molar-refractivity contribution in [3.8, 4) is 11.9 Å². The van der Waals surface area contributed by atoms with Gasteiger partial charge in [-0.15, -0.1) is 23.2 Å². The summed E-state index contributed by atoms with van der Waals surface area (Å²) in [7, 11) is 0. The van der Waals surface area contributed by atoms with Gasteiger partial charge in [-0.05, 0) is 25.3 Å². The van der Waals surface area contributed by atoms with Crippen LogP contribution in [0.4, 0.5) is 13.2 Å². The normalized spacial score (nSPS) is 20.4. The van der Waals surface area contributed by atoms with E-state index in [0.29, 0.717) is 31.0 Å². The van der Waals surface area contributed by atoms with Crippen molar-refractivity contribution in [1.82, 2.24) is 20.0 Å². The molecule has 8 nitrogen and oxygen atoms in total. The van der Waals surface area contributed by atoms with Crippen LogP contribution in [-0.2, 0) is 6.18 Å². The summed E-state index contributed by atoms with van der Waals surface area (Å²) < 4.78 is 50.6. The van der Waals surface area contributed by atoms with Crippen molar-refractivity contribution >= 4 is 29.1 Å². The SMILES string of the molecule is Cc1nc(C2CCN(C(=O)c3cc(C#N)c(OCC4CC4(Cl)Cl)nc3C(F)(F)F)CC2)no1. The highest BCUT2D eigenvalue weighted by atomic mass is 35.5. The first-order chi connectivity index (χ1) is 15.5. The van der Waals surface area contributed by atoms with Crippen LogP contribution in [0.1, 0.15) is 58.5 Å². The van der Waals surface area contributed by atoms with Crippen LogP contribution >= 0.6 is 23.2 Å². The van der Waals surface area contributed by atoms with Gasteiger partial charge < -0.3 is 14.2 Å². The highest BCUT2D eigenvalue weighted by Crippen LogP contribution is 2.53. The van der Waals surface area contributed by atoms with Crippen molar-refractivity contribution in [3.63, 3.8) is 0 Å². The van der Waals surface area contributed by atoms with Crippen molar-refractivity contribution in [2.24, 2.45) is 5.92 Å². The van der Waals surface area contributed by atoms with Gasteiger partial charge in [0.25, 0.3) is 5.91 Å². The lowest BCUT2D eigenvalue weighted by molar-refractivity contribution is -0.141. The summed E-state index contributed by atoms with van der Waals surface area (Å²) in [5.74, 6) is -0.782. The maximum Gasteiger partial charge on any atom is 0.434 e. The Balaban J connectivity index is 1.54. The Kier molecular flexibility index (Phi) is 6.18. The van der Waals surface area contributed by atoms with E-state index in [1.54, 1.807) is 13.0 Å². The minimum absolute atomic E-state index is 0.0597. The standard InChI is InChI=1S/C20H18Cl2F3N5O3/c1-10-27-16(29-33-10)11-2-4-30(5-3-11)18(31)14-6-12(8-26)17(28-15(14)20(23,24)25)32-9-13-7-19(13,21)22/h6,11,13H,2-5,7,9H2,1H3. The minimum Gasteiger partial charge on any atom is -0.476 e.